The van der Waals surface area contributed by atoms with Gasteiger partial charge in [0.05, 0.1) is 18.8 Å². The monoisotopic (exact) mass is 335 g/mol. The van der Waals surface area contributed by atoms with Gasteiger partial charge in [-0.3, -0.25) is 0 Å². The highest BCUT2D eigenvalue weighted by atomic mass is 16.6. The molecule has 1 amide bonds. The Morgan fingerprint density at radius 3 is 2.92 bits per heavy atom. The van der Waals surface area contributed by atoms with Gasteiger partial charge in [-0.2, -0.15) is 4.52 Å². The number of ether oxygens (including phenoxy) is 1. The molecule has 2 aromatic rings. The quantitative estimate of drug-likeness (QED) is 0.813. The summed E-state index contributed by atoms with van der Waals surface area (Å²) in [6, 6.07) is -0.304. The molecule has 1 aliphatic rings. The van der Waals surface area contributed by atoms with E-state index in [4.69, 9.17) is 4.74 Å². The number of amides is 1. The van der Waals surface area contributed by atoms with Gasteiger partial charge in [-0.25, -0.2) is 9.78 Å². The Kier molecular flexibility index (Phi) is 4.22. The molecule has 0 saturated carbocycles. The third kappa shape index (κ3) is 3.23. The Morgan fingerprint density at radius 1 is 1.42 bits per heavy atom. The van der Waals surface area contributed by atoms with Crippen molar-refractivity contribution >= 4 is 17.6 Å². The number of nitrogens with zero attached hydrogens (tertiary/aromatic N) is 7. The lowest BCUT2D eigenvalue weighted by Gasteiger charge is -2.41. The Hall–Kier alpha value is -2.49. The van der Waals surface area contributed by atoms with Crippen molar-refractivity contribution in [2.24, 2.45) is 0 Å². The molecule has 2 aromatic heterocycles. The van der Waals surface area contributed by atoms with E-state index in [1.807, 2.05) is 25.7 Å². The fourth-order valence-electron chi connectivity index (χ4n) is 2.65. The maximum Gasteiger partial charge on any atom is 0.410 e. The number of tetrazole rings is 1. The van der Waals surface area contributed by atoms with Gasteiger partial charge in [-0.1, -0.05) is 0 Å². The molecule has 1 fully saturated rings. The topological polar surface area (TPSA) is 109 Å². The largest absolute Gasteiger partial charge is 0.444 e. The maximum absolute atomic E-state index is 12.2. The maximum atomic E-state index is 12.2. The first-order valence-corrected chi connectivity index (χ1v) is 7.77. The summed E-state index contributed by atoms with van der Waals surface area (Å²) in [5.74, 6) is 0.588. The van der Waals surface area contributed by atoms with Crippen molar-refractivity contribution in [3.63, 3.8) is 0 Å². The molecule has 0 radical (unpaired) electrons. The minimum absolute atomic E-state index is 0.121. The highest BCUT2D eigenvalue weighted by Crippen LogP contribution is 2.22. The van der Waals surface area contributed by atoms with Gasteiger partial charge in [0.15, 0.2) is 5.82 Å². The average Bonchev–Trinajstić information content (AvgIpc) is 3.01. The van der Waals surface area contributed by atoms with Crippen LogP contribution in [0.4, 0.5) is 10.6 Å². The Morgan fingerprint density at radius 2 is 2.21 bits per heavy atom. The molecule has 0 spiro atoms. The smallest absolute Gasteiger partial charge is 0.410 e. The van der Waals surface area contributed by atoms with Crippen molar-refractivity contribution in [1.82, 2.24) is 29.9 Å². The van der Waals surface area contributed by atoms with E-state index in [1.54, 1.807) is 17.3 Å². The number of fused-ring (bicyclic) bond motifs is 1. The highest BCUT2D eigenvalue weighted by Gasteiger charge is 2.33. The van der Waals surface area contributed by atoms with Crippen LogP contribution in [0.2, 0.25) is 0 Å². The standard InChI is InChI=1S/C14H21N7O3/c1-14(2,3)24-13(23)19-6-7-20(10(8-19)9-22)11-12-16-17-18-21(12)5-4-15-11/h4-5,10,22H,6-9H2,1-3H3. The first kappa shape index (κ1) is 16.4. The number of piperazine rings is 1. The molecule has 3 heterocycles. The molecule has 10 heteroatoms. The Labute approximate surface area is 139 Å². The van der Waals surface area contributed by atoms with Gasteiger partial charge >= 0.3 is 6.09 Å². The molecular formula is C14H21N7O3. The Bertz CT molecular complexity index is 726. The van der Waals surface area contributed by atoms with Crippen molar-refractivity contribution in [1.29, 1.82) is 0 Å². The number of carbonyl (C=O) groups excluding carboxylic acids is 1. The number of aromatic nitrogens is 5. The summed E-state index contributed by atoms with van der Waals surface area (Å²) in [6.07, 6.45) is 2.88. The summed E-state index contributed by atoms with van der Waals surface area (Å²) in [7, 11) is 0. The first-order chi connectivity index (χ1) is 11.4. The van der Waals surface area contributed by atoms with Crippen molar-refractivity contribution in [2.45, 2.75) is 32.4 Å². The van der Waals surface area contributed by atoms with Crippen LogP contribution in [0, 0.1) is 0 Å². The van der Waals surface area contributed by atoms with Crippen LogP contribution < -0.4 is 4.90 Å². The SMILES string of the molecule is CC(C)(C)OC(=O)N1CCN(c2nccn3nnnc23)C(CO)C1. The summed E-state index contributed by atoms with van der Waals surface area (Å²) in [6.45, 7) is 6.67. The summed E-state index contributed by atoms with van der Waals surface area (Å²) in [5, 5.41) is 21.2. The molecule has 10 nitrogen and oxygen atoms in total. The van der Waals surface area contributed by atoms with Gasteiger partial charge < -0.3 is 19.6 Å². The summed E-state index contributed by atoms with van der Waals surface area (Å²) < 4.78 is 6.93. The van der Waals surface area contributed by atoms with Crippen LogP contribution in [0.1, 0.15) is 20.8 Å². The van der Waals surface area contributed by atoms with Crippen LogP contribution in [-0.4, -0.2) is 79.0 Å². The van der Waals surface area contributed by atoms with E-state index in [-0.39, 0.29) is 18.7 Å². The number of anilines is 1. The number of rotatable bonds is 2. The molecule has 1 saturated heterocycles. The van der Waals surface area contributed by atoms with Gasteiger partial charge in [-0.05, 0) is 31.2 Å². The third-order valence-corrected chi connectivity index (χ3v) is 3.71. The molecule has 3 rings (SSSR count). The van der Waals surface area contributed by atoms with Crippen LogP contribution in [0.5, 0.6) is 0 Å². The van der Waals surface area contributed by atoms with Crippen LogP contribution >= 0.6 is 0 Å². The number of aliphatic hydroxyl groups excluding tert-OH is 1. The third-order valence-electron chi connectivity index (χ3n) is 3.71. The number of hydrogen-bond donors (Lipinski definition) is 1. The predicted octanol–water partition coefficient (Wildman–Crippen LogP) is -0.0627. The van der Waals surface area contributed by atoms with Crippen molar-refractivity contribution in [2.75, 3.05) is 31.1 Å². The lowest BCUT2D eigenvalue weighted by atomic mass is 10.1. The summed E-state index contributed by atoms with van der Waals surface area (Å²) in [5.41, 5.74) is -0.0369. The zero-order chi connectivity index (χ0) is 17.3. The van der Waals surface area contributed by atoms with Crippen LogP contribution in [0.15, 0.2) is 12.4 Å². The molecule has 1 atom stereocenters. The fourth-order valence-corrected chi connectivity index (χ4v) is 2.65. The number of aliphatic hydroxyl groups is 1. The molecule has 24 heavy (non-hydrogen) atoms. The highest BCUT2D eigenvalue weighted by molar-refractivity contribution is 5.69. The minimum atomic E-state index is -0.552. The van der Waals surface area contributed by atoms with Gasteiger partial charge in [-0.15, -0.1) is 5.10 Å². The molecule has 0 aliphatic carbocycles. The molecular weight excluding hydrogens is 314 g/mol. The molecule has 0 aromatic carbocycles. The molecule has 1 N–H and O–H groups in total. The first-order valence-electron chi connectivity index (χ1n) is 7.77. The van der Waals surface area contributed by atoms with Gasteiger partial charge in [0.1, 0.15) is 5.60 Å². The van der Waals surface area contributed by atoms with Crippen LogP contribution in [0.25, 0.3) is 5.65 Å². The van der Waals surface area contributed by atoms with Gasteiger partial charge in [0.2, 0.25) is 5.65 Å². The average molecular weight is 335 g/mol. The molecule has 1 unspecified atom stereocenters. The van der Waals surface area contributed by atoms with E-state index in [9.17, 15) is 9.90 Å². The van der Waals surface area contributed by atoms with Gasteiger partial charge in [0, 0.05) is 25.8 Å². The molecule has 130 valence electrons. The normalized spacial score (nSPS) is 18.9. The fraction of sp³-hybridized carbons (Fsp3) is 0.643. The second-order valence-electron chi connectivity index (χ2n) is 6.65. The van der Waals surface area contributed by atoms with E-state index in [0.717, 1.165) is 0 Å². The van der Waals surface area contributed by atoms with E-state index >= 15 is 0 Å². The van der Waals surface area contributed by atoms with E-state index in [1.165, 1.54) is 4.52 Å². The van der Waals surface area contributed by atoms with E-state index in [2.05, 4.69) is 20.5 Å². The predicted molar refractivity (Wildman–Crippen MR) is 84.6 cm³/mol. The lowest BCUT2D eigenvalue weighted by molar-refractivity contribution is 0.0197. The van der Waals surface area contributed by atoms with Crippen molar-refractivity contribution in [3.05, 3.63) is 12.4 Å². The summed E-state index contributed by atoms with van der Waals surface area (Å²) >= 11 is 0. The van der Waals surface area contributed by atoms with Crippen molar-refractivity contribution < 1.29 is 14.6 Å². The van der Waals surface area contributed by atoms with Crippen LogP contribution in [-0.2, 0) is 4.74 Å². The zero-order valence-corrected chi connectivity index (χ0v) is 14.0. The van der Waals surface area contributed by atoms with Gasteiger partial charge in [0.25, 0.3) is 0 Å². The minimum Gasteiger partial charge on any atom is -0.444 e. The Balaban J connectivity index is 1.79. The lowest BCUT2D eigenvalue weighted by Crippen LogP contribution is -2.57. The second-order valence-corrected chi connectivity index (χ2v) is 6.65. The van der Waals surface area contributed by atoms with E-state index in [0.29, 0.717) is 31.1 Å². The number of hydrogen-bond acceptors (Lipinski definition) is 8. The van der Waals surface area contributed by atoms with Crippen LogP contribution in [0.3, 0.4) is 0 Å². The summed E-state index contributed by atoms with van der Waals surface area (Å²) in [4.78, 5) is 20.1. The van der Waals surface area contributed by atoms with Crippen molar-refractivity contribution in [3.8, 4) is 0 Å². The van der Waals surface area contributed by atoms with E-state index < -0.39 is 5.60 Å². The molecule has 1 aliphatic heterocycles. The number of carbonyl (C=O) groups is 1. The second kappa shape index (κ2) is 6.19. The zero-order valence-electron chi connectivity index (χ0n) is 14.0. The molecule has 0 bridgehead atoms.